The Bertz CT molecular complexity index is 784. The molecule has 1 aromatic carbocycles. The van der Waals surface area contributed by atoms with Gasteiger partial charge in [-0.05, 0) is 43.5 Å². The minimum absolute atomic E-state index is 0.0375. The molecule has 4 rings (SSSR count). The van der Waals surface area contributed by atoms with Crippen molar-refractivity contribution >= 4 is 5.91 Å². The highest BCUT2D eigenvalue weighted by Crippen LogP contribution is 2.38. The number of rotatable bonds is 2. The number of hydrogen-bond acceptors (Lipinski definition) is 4. The molecule has 1 amide bonds. The molecule has 126 valence electrons. The number of amides is 1. The van der Waals surface area contributed by atoms with Crippen molar-refractivity contribution in [1.82, 2.24) is 14.7 Å². The molecule has 0 N–H and O–H groups in total. The molecule has 0 spiro atoms. The average molecular weight is 327 g/mol. The fourth-order valence-electron chi connectivity index (χ4n) is 3.58. The number of aryl methyl sites for hydroxylation is 2. The number of aromatic nitrogens is 2. The lowest BCUT2D eigenvalue weighted by molar-refractivity contribution is 0.0724. The molecule has 1 saturated heterocycles. The second-order valence-electron chi connectivity index (χ2n) is 6.35. The van der Waals surface area contributed by atoms with Gasteiger partial charge in [-0.2, -0.15) is 5.10 Å². The fraction of sp³-hybridized carbons (Fsp3) is 0.444. The van der Waals surface area contributed by atoms with Gasteiger partial charge < -0.3 is 14.4 Å². The van der Waals surface area contributed by atoms with Gasteiger partial charge in [0, 0.05) is 13.6 Å². The van der Waals surface area contributed by atoms with Crippen LogP contribution in [-0.2, 0) is 7.05 Å². The molecule has 3 heterocycles. The molecule has 2 aliphatic rings. The van der Waals surface area contributed by atoms with Crippen LogP contribution in [0.2, 0.25) is 0 Å². The van der Waals surface area contributed by atoms with E-state index in [4.69, 9.17) is 9.47 Å². The number of nitrogens with zero attached hydrogens (tertiary/aromatic N) is 3. The lowest BCUT2D eigenvalue weighted by Gasteiger charge is -2.26. The van der Waals surface area contributed by atoms with Crippen LogP contribution < -0.4 is 9.47 Å². The van der Waals surface area contributed by atoms with Crippen molar-refractivity contribution in [3.05, 3.63) is 41.2 Å². The molecular weight excluding hydrogens is 306 g/mol. The third kappa shape index (κ3) is 2.52. The minimum Gasteiger partial charge on any atom is -0.486 e. The molecule has 1 fully saturated rings. The molecule has 1 unspecified atom stereocenters. The van der Waals surface area contributed by atoms with E-state index in [1.807, 2.05) is 43.1 Å². The highest BCUT2D eigenvalue weighted by Gasteiger charge is 2.32. The van der Waals surface area contributed by atoms with Gasteiger partial charge in [0.2, 0.25) is 0 Å². The van der Waals surface area contributed by atoms with Crippen molar-refractivity contribution in [2.24, 2.45) is 7.05 Å². The van der Waals surface area contributed by atoms with Crippen LogP contribution in [0.1, 0.15) is 40.6 Å². The van der Waals surface area contributed by atoms with Crippen LogP contribution in [-0.4, -0.2) is 40.3 Å². The zero-order valence-electron chi connectivity index (χ0n) is 14.0. The van der Waals surface area contributed by atoms with E-state index in [1.54, 1.807) is 4.68 Å². The highest BCUT2D eigenvalue weighted by atomic mass is 16.6. The molecule has 1 atom stereocenters. The summed E-state index contributed by atoms with van der Waals surface area (Å²) in [5.74, 6) is 1.59. The smallest absolute Gasteiger partial charge is 0.272 e. The minimum atomic E-state index is 0.0375. The first-order chi connectivity index (χ1) is 11.6. The van der Waals surface area contributed by atoms with Gasteiger partial charge in [-0.1, -0.05) is 6.07 Å². The number of hydrogen-bond donors (Lipinski definition) is 0. The van der Waals surface area contributed by atoms with Crippen LogP contribution >= 0.6 is 0 Å². The second kappa shape index (κ2) is 5.85. The zero-order valence-corrected chi connectivity index (χ0v) is 14.0. The van der Waals surface area contributed by atoms with Gasteiger partial charge >= 0.3 is 0 Å². The van der Waals surface area contributed by atoms with E-state index in [0.29, 0.717) is 18.9 Å². The third-order valence-corrected chi connectivity index (χ3v) is 4.69. The number of carbonyl (C=O) groups is 1. The topological polar surface area (TPSA) is 56.6 Å². The molecule has 6 heteroatoms. The van der Waals surface area contributed by atoms with Crippen molar-refractivity contribution in [2.75, 3.05) is 19.8 Å². The first-order valence-electron chi connectivity index (χ1n) is 8.34. The SMILES string of the molecule is Cc1cc(C(=O)N2CCCC2c2ccc3c(c2)OCCO3)n(C)n1. The predicted molar refractivity (Wildman–Crippen MR) is 88.4 cm³/mol. The Balaban J connectivity index is 1.63. The average Bonchev–Trinajstić information content (AvgIpc) is 3.20. The maximum atomic E-state index is 13.0. The zero-order chi connectivity index (χ0) is 16.7. The fourth-order valence-corrected chi connectivity index (χ4v) is 3.58. The van der Waals surface area contributed by atoms with E-state index >= 15 is 0 Å². The molecule has 6 nitrogen and oxygen atoms in total. The normalized spacial score (nSPS) is 19.6. The van der Waals surface area contributed by atoms with E-state index in [1.165, 1.54) is 0 Å². The van der Waals surface area contributed by atoms with Gasteiger partial charge in [-0.15, -0.1) is 0 Å². The van der Waals surface area contributed by atoms with Crippen molar-refractivity contribution in [3.63, 3.8) is 0 Å². The molecule has 1 aromatic heterocycles. The van der Waals surface area contributed by atoms with Crippen LogP contribution in [0, 0.1) is 6.92 Å². The highest BCUT2D eigenvalue weighted by molar-refractivity contribution is 5.93. The van der Waals surface area contributed by atoms with Crippen molar-refractivity contribution < 1.29 is 14.3 Å². The summed E-state index contributed by atoms with van der Waals surface area (Å²) in [7, 11) is 1.81. The van der Waals surface area contributed by atoms with Crippen LogP contribution in [0.15, 0.2) is 24.3 Å². The monoisotopic (exact) mass is 327 g/mol. The van der Waals surface area contributed by atoms with Gasteiger partial charge in [-0.3, -0.25) is 9.48 Å². The third-order valence-electron chi connectivity index (χ3n) is 4.69. The maximum absolute atomic E-state index is 13.0. The molecule has 0 saturated carbocycles. The summed E-state index contributed by atoms with van der Waals surface area (Å²) >= 11 is 0. The number of carbonyl (C=O) groups excluding carboxylic acids is 1. The number of benzene rings is 1. The summed E-state index contributed by atoms with van der Waals surface area (Å²) in [6, 6.07) is 7.92. The Hall–Kier alpha value is -2.50. The summed E-state index contributed by atoms with van der Waals surface area (Å²) < 4.78 is 12.9. The lowest BCUT2D eigenvalue weighted by atomic mass is 10.0. The largest absolute Gasteiger partial charge is 0.486 e. The first-order valence-corrected chi connectivity index (χ1v) is 8.34. The summed E-state index contributed by atoms with van der Waals surface area (Å²) in [6.07, 6.45) is 1.96. The molecule has 2 aromatic rings. The Morgan fingerprint density at radius 2 is 2.00 bits per heavy atom. The first kappa shape index (κ1) is 15.1. The predicted octanol–water partition coefficient (Wildman–Crippen LogP) is 2.48. The maximum Gasteiger partial charge on any atom is 0.272 e. The van der Waals surface area contributed by atoms with Gasteiger partial charge in [-0.25, -0.2) is 0 Å². The van der Waals surface area contributed by atoms with Crippen molar-refractivity contribution in [2.45, 2.75) is 25.8 Å². The lowest BCUT2D eigenvalue weighted by Crippen LogP contribution is -2.32. The summed E-state index contributed by atoms with van der Waals surface area (Å²) in [4.78, 5) is 14.9. The molecule has 0 aliphatic carbocycles. The Morgan fingerprint density at radius 3 is 2.75 bits per heavy atom. The Labute approximate surface area is 141 Å². The summed E-state index contributed by atoms with van der Waals surface area (Å²) in [5, 5.41) is 4.29. The van der Waals surface area contributed by atoms with Gasteiger partial charge in [0.15, 0.2) is 11.5 Å². The number of fused-ring (bicyclic) bond motifs is 1. The standard InChI is InChI=1S/C18H21N3O3/c1-12-10-15(20(2)19-12)18(22)21-7-3-4-14(21)13-5-6-16-17(11-13)24-9-8-23-16/h5-6,10-11,14H,3-4,7-9H2,1-2H3. The molecule has 24 heavy (non-hydrogen) atoms. The second-order valence-corrected chi connectivity index (χ2v) is 6.35. The molecule has 0 bridgehead atoms. The van der Waals surface area contributed by atoms with E-state index < -0.39 is 0 Å². The Morgan fingerprint density at radius 1 is 1.21 bits per heavy atom. The van der Waals surface area contributed by atoms with Crippen LogP contribution in [0.3, 0.4) is 0 Å². The van der Waals surface area contributed by atoms with Crippen LogP contribution in [0.25, 0.3) is 0 Å². The van der Waals surface area contributed by atoms with Gasteiger partial charge in [0.25, 0.3) is 5.91 Å². The van der Waals surface area contributed by atoms with E-state index in [0.717, 1.165) is 42.1 Å². The molecule has 2 aliphatic heterocycles. The van der Waals surface area contributed by atoms with E-state index in [2.05, 4.69) is 5.10 Å². The summed E-state index contributed by atoms with van der Waals surface area (Å²) in [5.41, 5.74) is 2.59. The van der Waals surface area contributed by atoms with Crippen molar-refractivity contribution in [3.8, 4) is 11.5 Å². The quantitative estimate of drug-likeness (QED) is 0.850. The van der Waals surface area contributed by atoms with Crippen molar-refractivity contribution in [1.29, 1.82) is 0 Å². The number of ether oxygens (including phenoxy) is 2. The molecule has 0 radical (unpaired) electrons. The van der Waals surface area contributed by atoms with Gasteiger partial charge in [0.05, 0.1) is 11.7 Å². The molecular formula is C18H21N3O3. The Kier molecular flexibility index (Phi) is 3.67. The number of likely N-dealkylation sites (tertiary alicyclic amines) is 1. The van der Waals surface area contributed by atoms with Crippen LogP contribution in [0.4, 0.5) is 0 Å². The summed E-state index contributed by atoms with van der Waals surface area (Å²) in [6.45, 7) is 3.82. The van der Waals surface area contributed by atoms with Crippen LogP contribution in [0.5, 0.6) is 11.5 Å². The van der Waals surface area contributed by atoms with E-state index in [9.17, 15) is 4.79 Å². The van der Waals surface area contributed by atoms with Gasteiger partial charge in [0.1, 0.15) is 18.9 Å². The van der Waals surface area contributed by atoms with E-state index in [-0.39, 0.29) is 11.9 Å².